The molecule has 1 aromatic heterocycles. The van der Waals surface area contributed by atoms with Gasteiger partial charge in [-0.3, -0.25) is 0 Å². The molecule has 8 heteroatoms. The maximum absolute atomic E-state index is 13.5. The molecule has 3 aromatic rings. The van der Waals surface area contributed by atoms with Gasteiger partial charge in [-0.1, -0.05) is 41.9 Å². The topological polar surface area (TPSA) is 99.6 Å². The van der Waals surface area contributed by atoms with Crippen LogP contribution in [-0.4, -0.2) is 8.42 Å². The predicted octanol–water partition coefficient (Wildman–Crippen LogP) is 3.73. The molecule has 4 rings (SSSR count). The fourth-order valence-corrected chi connectivity index (χ4v) is 5.13. The summed E-state index contributed by atoms with van der Waals surface area (Å²) in [5.41, 5.74) is 6.00. The summed E-state index contributed by atoms with van der Waals surface area (Å²) in [5, 5.41) is 0.474. The molecular formula is C21H16ClNO5S. The first-order chi connectivity index (χ1) is 13.8. The Kier molecular flexibility index (Phi) is 4.72. The summed E-state index contributed by atoms with van der Waals surface area (Å²) in [6.07, 6.45) is 0. The van der Waals surface area contributed by atoms with E-state index in [1.165, 1.54) is 18.2 Å². The molecule has 2 N–H and O–H groups in total. The first-order valence-corrected chi connectivity index (χ1v) is 10.5. The number of benzene rings is 2. The average Bonchev–Trinajstić information content (AvgIpc) is 2.67. The first kappa shape index (κ1) is 19.3. The Bertz CT molecular complexity index is 1280. The number of fused-ring (bicyclic) bond motifs is 1. The molecule has 0 aliphatic carbocycles. The summed E-state index contributed by atoms with van der Waals surface area (Å²) in [4.78, 5) is 12.5. The second-order valence-corrected chi connectivity index (χ2v) is 8.91. The number of aryl methyl sites for hydroxylation is 1. The Hall–Kier alpha value is -3.03. The fourth-order valence-electron chi connectivity index (χ4n) is 3.37. The van der Waals surface area contributed by atoms with E-state index in [4.69, 9.17) is 26.5 Å². The SMILES string of the molecule is Cc1cc2c(c(=O)o1)[C@H](c1ccc(Cl)cc1)C(S(=O)(=O)c1ccccc1)=C(N)O2. The van der Waals surface area contributed by atoms with Crippen molar-refractivity contribution >= 4 is 21.4 Å². The Labute approximate surface area is 172 Å². The molecule has 2 heterocycles. The second-order valence-electron chi connectivity index (χ2n) is 6.55. The standard InChI is InChI=1S/C21H16ClNO5S/c1-12-11-16-18(21(24)27-12)17(13-7-9-14(22)10-8-13)19(20(23)28-16)29(25,26)15-5-3-2-4-6-15/h2-11,17H,23H2,1H3/t17-/m0/s1. The molecule has 2 aromatic carbocycles. The van der Waals surface area contributed by atoms with Gasteiger partial charge in [0.2, 0.25) is 15.7 Å². The van der Waals surface area contributed by atoms with E-state index < -0.39 is 21.4 Å². The Morgan fingerprint density at radius 1 is 1.03 bits per heavy atom. The largest absolute Gasteiger partial charge is 0.440 e. The lowest BCUT2D eigenvalue weighted by Gasteiger charge is -2.28. The maximum Gasteiger partial charge on any atom is 0.343 e. The van der Waals surface area contributed by atoms with Crippen LogP contribution in [0.15, 0.2) is 85.6 Å². The molecule has 0 saturated heterocycles. The number of rotatable bonds is 3. The van der Waals surface area contributed by atoms with Gasteiger partial charge in [-0.2, -0.15) is 0 Å². The van der Waals surface area contributed by atoms with Gasteiger partial charge in [-0.15, -0.1) is 0 Å². The summed E-state index contributed by atoms with van der Waals surface area (Å²) in [7, 11) is -4.07. The molecule has 1 atom stereocenters. The lowest BCUT2D eigenvalue weighted by atomic mass is 9.90. The van der Waals surface area contributed by atoms with Crippen LogP contribution in [0.5, 0.6) is 5.75 Å². The molecule has 0 spiro atoms. The van der Waals surface area contributed by atoms with Gasteiger partial charge in [0.25, 0.3) is 0 Å². The monoisotopic (exact) mass is 429 g/mol. The molecule has 0 radical (unpaired) electrons. The molecule has 0 bridgehead atoms. The van der Waals surface area contributed by atoms with Gasteiger partial charge in [0.1, 0.15) is 16.4 Å². The highest BCUT2D eigenvalue weighted by Gasteiger charge is 2.41. The molecule has 1 aliphatic heterocycles. The van der Waals surface area contributed by atoms with Crippen LogP contribution in [0.3, 0.4) is 0 Å². The van der Waals surface area contributed by atoms with E-state index in [1.807, 2.05) is 0 Å². The smallest absolute Gasteiger partial charge is 0.343 e. The lowest BCUT2D eigenvalue weighted by Crippen LogP contribution is -2.30. The number of allylic oxidation sites excluding steroid dienone is 1. The van der Waals surface area contributed by atoms with Crippen LogP contribution in [0.2, 0.25) is 5.02 Å². The minimum absolute atomic E-state index is 0.0421. The van der Waals surface area contributed by atoms with Crippen molar-refractivity contribution in [2.45, 2.75) is 17.7 Å². The fraction of sp³-hybridized carbons (Fsp3) is 0.0952. The van der Waals surface area contributed by atoms with Crippen LogP contribution >= 0.6 is 11.6 Å². The number of nitrogens with two attached hydrogens (primary N) is 1. The molecule has 0 unspecified atom stereocenters. The quantitative estimate of drug-likeness (QED) is 0.681. The molecular weight excluding hydrogens is 414 g/mol. The van der Waals surface area contributed by atoms with Crippen molar-refractivity contribution in [2.75, 3.05) is 0 Å². The average molecular weight is 430 g/mol. The highest BCUT2D eigenvalue weighted by atomic mass is 35.5. The van der Waals surface area contributed by atoms with Gasteiger partial charge < -0.3 is 14.9 Å². The van der Waals surface area contributed by atoms with Crippen molar-refractivity contribution in [3.8, 4) is 5.75 Å². The normalized spacial score (nSPS) is 16.3. The van der Waals surface area contributed by atoms with Crippen molar-refractivity contribution in [2.24, 2.45) is 5.73 Å². The number of halogens is 1. The third-order valence-electron chi connectivity index (χ3n) is 4.63. The van der Waals surface area contributed by atoms with Crippen molar-refractivity contribution in [3.63, 3.8) is 0 Å². The third kappa shape index (κ3) is 3.32. The van der Waals surface area contributed by atoms with Crippen molar-refractivity contribution in [1.82, 2.24) is 0 Å². The molecule has 29 heavy (non-hydrogen) atoms. The molecule has 0 amide bonds. The summed E-state index contributed by atoms with van der Waals surface area (Å²) in [6.45, 7) is 1.60. The number of sulfone groups is 1. The van der Waals surface area contributed by atoms with Gasteiger partial charge in [0, 0.05) is 11.1 Å². The van der Waals surface area contributed by atoms with E-state index in [1.54, 1.807) is 49.4 Å². The minimum atomic E-state index is -4.07. The molecule has 148 valence electrons. The highest BCUT2D eigenvalue weighted by Crippen LogP contribution is 2.44. The Morgan fingerprint density at radius 3 is 2.34 bits per heavy atom. The highest BCUT2D eigenvalue weighted by molar-refractivity contribution is 7.95. The van der Waals surface area contributed by atoms with Crippen molar-refractivity contribution < 1.29 is 17.6 Å². The maximum atomic E-state index is 13.5. The van der Waals surface area contributed by atoms with Crippen molar-refractivity contribution in [1.29, 1.82) is 0 Å². The summed E-state index contributed by atoms with van der Waals surface area (Å²) in [5.74, 6) is -0.793. The second kappa shape index (κ2) is 7.09. The molecule has 0 fully saturated rings. The van der Waals surface area contributed by atoms with Gasteiger partial charge in [-0.05, 0) is 36.8 Å². The van der Waals surface area contributed by atoms with Crippen LogP contribution in [-0.2, 0) is 9.84 Å². The van der Waals surface area contributed by atoms with Gasteiger partial charge in [0.15, 0.2) is 0 Å². The Morgan fingerprint density at radius 2 is 1.69 bits per heavy atom. The zero-order valence-electron chi connectivity index (χ0n) is 15.3. The van der Waals surface area contributed by atoms with Crippen molar-refractivity contribution in [3.05, 3.63) is 104 Å². The number of ether oxygens (including phenoxy) is 1. The van der Waals surface area contributed by atoms with E-state index in [-0.39, 0.29) is 27.0 Å². The van der Waals surface area contributed by atoms with Gasteiger partial charge in [0.05, 0.1) is 16.4 Å². The van der Waals surface area contributed by atoms with E-state index in [9.17, 15) is 13.2 Å². The van der Waals surface area contributed by atoms with E-state index in [2.05, 4.69) is 0 Å². The van der Waals surface area contributed by atoms with Crippen LogP contribution in [0.4, 0.5) is 0 Å². The Balaban J connectivity index is 2.03. The van der Waals surface area contributed by atoms with Gasteiger partial charge >= 0.3 is 5.63 Å². The minimum Gasteiger partial charge on any atom is -0.440 e. The molecule has 1 aliphatic rings. The summed E-state index contributed by atoms with van der Waals surface area (Å²) < 4.78 is 37.7. The van der Waals surface area contributed by atoms with Crippen LogP contribution in [0.25, 0.3) is 0 Å². The third-order valence-corrected chi connectivity index (χ3v) is 6.79. The predicted molar refractivity (Wildman–Crippen MR) is 108 cm³/mol. The summed E-state index contributed by atoms with van der Waals surface area (Å²) >= 11 is 5.99. The number of hydrogen-bond donors (Lipinski definition) is 1. The van der Waals surface area contributed by atoms with Crippen LogP contribution < -0.4 is 16.1 Å². The number of hydrogen-bond acceptors (Lipinski definition) is 6. The van der Waals surface area contributed by atoms with Gasteiger partial charge in [-0.25, -0.2) is 13.2 Å². The van der Waals surface area contributed by atoms with E-state index >= 15 is 0 Å². The van der Waals surface area contributed by atoms with E-state index in [0.29, 0.717) is 16.3 Å². The van der Waals surface area contributed by atoms with Crippen LogP contribution in [0.1, 0.15) is 22.8 Å². The van der Waals surface area contributed by atoms with Crippen LogP contribution in [0, 0.1) is 6.92 Å². The summed E-state index contributed by atoms with van der Waals surface area (Å²) in [6, 6.07) is 15.9. The molecule has 0 saturated carbocycles. The zero-order valence-corrected chi connectivity index (χ0v) is 16.8. The van der Waals surface area contributed by atoms with E-state index in [0.717, 1.165) is 0 Å². The first-order valence-electron chi connectivity index (χ1n) is 8.67. The zero-order chi connectivity index (χ0) is 20.8. The molecule has 6 nitrogen and oxygen atoms in total. The lowest BCUT2D eigenvalue weighted by molar-refractivity contribution is 0.372.